The van der Waals surface area contributed by atoms with Crippen LogP contribution in [0, 0.1) is 6.92 Å². The molecule has 94 valence electrons. The van der Waals surface area contributed by atoms with Gasteiger partial charge in [-0.15, -0.1) is 5.10 Å². The number of halogens is 1. The fraction of sp³-hybridized carbons (Fsp3) is 0.308. The fourth-order valence-electron chi connectivity index (χ4n) is 1.76. The predicted molar refractivity (Wildman–Crippen MR) is 72.6 cm³/mol. The van der Waals surface area contributed by atoms with Gasteiger partial charge in [0.05, 0.1) is 6.20 Å². The van der Waals surface area contributed by atoms with Crippen molar-refractivity contribution in [3.8, 4) is 0 Å². The minimum absolute atomic E-state index is 0.0518. The zero-order valence-corrected chi connectivity index (χ0v) is 11.9. The van der Waals surface area contributed by atoms with Gasteiger partial charge in [0.15, 0.2) is 0 Å². The molecule has 1 aromatic heterocycles. The van der Waals surface area contributed by atoms with Gasteiger partial charge in [0.1, 0.15) is 5.69 Å². The molecule has 0 saturated heterocycles. The van der Waals surface area contributed by atoms with Gasteiger partial charge in [-0.3, -0.25) is 4.79 Å². The lowest BCUT2D eigenvalue weighted by Crippen LogP contribution is -2.12. The number of aromatic nitrogens is 3. The van der Waals surface area contributed by atoms with Gasteiger partial charge in [0.25, 0.3) is 0 Å². The lowest BCUT2D eigenvalue weighted by atomic mass is 10.1. The van der Waals surface area contributed by atoms with Crippen molar-refractivity contribution in [2.24, 2.45) is 0 Å². The van der Waals surface area contributed by atoms with Crippen LogP contribution in [0.5, 0.6) is 0 Å². The van der Waals surface area contributed by atoms with Crippen molar-refractivity contribution in [2.45, 2.75) is 26.8 Å². The van der Waals surface area contributed by atoms with Crippen LogP contribution in [0.15, 0.2) is 28.9 Å². The average Bonchev–Trinajstić information content (AvgIpc) is 2.80. The number of hydrogen-bond acceptors (Lipinski definition) is 3. The Morgan fingerprint density at radius 1 is 1.44 bits per heavy atom. The third-order valence-corrected chi connectivity index (χ3v) is 3.34. The lowest BCUT2D eigenvalue weighted by Gasteiger charge is -2.06. The Morgan fingerprint density at radius 2 is 2.22 bits per heavy atom. The number of carbonyl (C=O) groups is 1. The molecule has 4 nitrogen and oxygen atoms in total. The number of benzene rings is 1. The first kappa shape index (κ1) is 13.0. The van der Waals surface area contributed by atoms with Crippen molar-refractivity contribution >= 4 is 21.7 Å². The summed E-state index contributed by atoms with van der Waals surface area (Å²) in [6, 6.07) is 5.72. The zero-order chi connectivity index (χ0) is 13.1. The van der Waals surface area contributed by atoms with E-state index in [4.69, 9.17) is 0 Å². The monoisotopic (exact) mass is 307 g/mol. The van der Waals surface area contributed by atoms with E-state index in [1.807, 2.05) is 32.0 Å². The second kappa shape index (κ2) is 5.44. The molecule has 0 unspecified atom stereocenters. The smallest absolute Gasteiger partial charge is 0.213 e. The maximum atomic E-state index is 12.4. The first-order valence-electron chi connectivity index (χ1n) is 5.82. The molecule has 0 saturated carbocycles. The van der Waals surface area contributed by atoms with Crippen LogP contribution in [0.2, 0.25) is 0 Å². The van der Waals surface area contributed by atoms with Gasteiger partial charge in [0.2, 0.25) is 5.78 Å². The van der Waals surface area contributed by atoms with Crippen LogP contribution in [0.25, 0.3) is 0 Å². The van der Waals surface area contributed by atoms with E-state index in [9.17, 15) is 4.79 Å². The SMILES string of the molecule is CCCn1nncc1C(=O)c1cc(C)ccc1Br. The summed E-state index contributed by atoms with van der Waals surface area (Å²) in [4.78, 5) is 12.4. The van der Waals surface area contributed by atoms with E-state index in [1.165, 1.54) is 6.20 Å². The number of carbonyl (C=O) groups excluding carboxylic acids is 1. The van der Waals surface area contributed by atoms with Gasteiger partial charge in [0, 0.05) is 16.6 Å². The van der Waals surface area contributed by atoms with Crippen LogP contribution in [0.1, 0.15) is 35.0 Å². The molecule has 0 aliphatic heterocycles. The van der Waals surface area contributed by atoms with E-state index < -0.39 is 0 Å². The summed E-state index contributed by atoms with van der Waals surface area (Å²) < 4.78 is 2.44. The molecule has 2 aromatic rings. The second-order valence-corrected chi connectivity index (χ2v) is 5.01. The molecule has 0 aliphatic carbocycles. The maximum Gasteiger partial charge on any atom is 0.213 e. The Balaban J connectivity index is 2.41. The first-order chi connectivity index (χ1) is 8.63. The molecule has 0 spiro atoms. The molecule has 5 heteroatoms. The normalized spacial score (nSPS) is 10.6. The minimum Gasteiger partial charge on any atom is -0.287 e. The molecule has 0 radical (unpaired) electrons. The first-order valence-corrected chi connectivity index (χ1v) is 6.62. The van der Waals surface area contributed by atoms with Crippen LogP contribution in [0.3, 0.4) is 0 Å². The Kier molecular flexibility index (Phi) is 3.91. The van der Waals surface area contributed by atoms with Gasteiger partial charge in [-0.25, -0.2) is 4.68 Å². The van der Waals surface area contributed by atoms with Crippen LogP contribution < -0.4 is 0 Å². The Morgan fingerprint density at radius 3 is 2.94 bits per heavy atom. The minimum atomic E-state index is -0.0518. The highest BCUT2D eigenvalue weighted by Crippen LogP contribution is 2.21. The lowest BCUT2D eigenvalue weighted by molar-refractivity contribution is 0.102. The molecule has 0 amide bonds. The van der Waals surface area contributed by atoms with Crippen molar-refractivity contribution in [3.05, 3.63) is 45.7 Å². The highest BCUT2D eigenvalue weighted by molar-refractivity contribution is 9.10. The summed E-state index contributed by atoms with van der Waals surface area (Å²) >= 11 is 3.41. The van der Waals surface area contributed by atoms with E-state index in [1.54, 1.807) is 4.68 Å². The third-order valence-electron chi connectivity index (χ3n) is 2.65. The van der Waals surface area contributed by atoms with Crippen molar-refractivity contribution in [1.29, 1.82) is 0 Å². The summed E-state index contributed by atoms with van der Waals surface area (Å²) in [7, 11) is 0. The molecule has 0 bridgehead atoms. The Labute approximate surface area is 114 Å². The largest absolute Gasteiger partial charge is 0.287 e. The number of nitrogens with zero attached hydrogens (tertiary/aromatic N) is 3. The average molecular weight is 308 g/mol. The molecule has 18 heavy (non-hydrogen) atoms. The van der Waals surface area contributed by atoms with Gasteiger partial charge < -0.3 is 0 Å². The molecule has 0 aliphatic rings. The number of aryl methyl sites for hydroxylation is 2. The third kappa shape index (κ3) is 2.51. The quantitative estimate of drug-likeness (QED) is 0.816. The number of hydrogen-bond donors (Lipinski definition) is 0. The van der Waals surface area contributed by atoms with E-state index in [2.05, 4.69) is 26.2 Å². The van der Waals surface area contributed by atoms with E-state index in [-0.39, 0.29) is 5.78 Å². The summed E-state index contributed by atoms with van der Waals surface area (Å²) in [5.74, 6) is -0.0518. The van der Waals surface area contributed by atoms with Gasteiger partial charge in [-0.1, -0.05) is 39.7 Å². The highest BCUT2D eigenvalue weighted by atomic mass is 79.9. The molecular formula is C13H14BrN3O. The van der Waals surface area contributed by atoms with E-state index >= 15 is 0 Å². The van der Waals surface area contributed by atoms with Crippen molar-refractivity contribution < 1.29 is 4.79 Å². The van der Waals surface area contributed by atoms with Crippen LogP contribution in [-0.2, 0) is 6.54 Å². The van der Waals surface area contributed by atoms with Crippen LogP contribution in [0.4, 0.5) is 0 Å². The predicted octanol–water partition coefficient (Wildman–Crippen LogP) is 2.99. The molecule has 2 rings (SSSR count). The molecule has 0 atom stereocenters. The summed E-state index contributed by atoms with van der Waals surface area (Å²) in [6.45, 7) is 4.70. The maximum absolute atomic E-state index is 12.4. The molecule has 0 fully saturated rings. The summed E-state index contributed by atoms with van der Waals surface area (Å²) in [5, 5.41) is 7.75. The Bertz CT molecular complexity index is 577. The summed E-state index contributed by atoms with van der Waals surface area (Å²) in [5.41, 5.74) is 2.23. The van der Waals surface area contributed by atoms with E-state index in [0.717, 1.165) is 16.5 Å². The number of rotatable bonds is 4. The molecule has 1 aromatic carbocycles. The van der Waals surface area contributed by atoms with Gasteiger partial charge >= 0.3 is 0 Å². The van der Waals surface area contributed by atoms with Crippen molar-refractivity contribution in [3.63, 3.8) is 0 Å². The number of ketones is 1. The molecule has 0 N–H and O–H groups in total. The highest BCUT2D eigenvalue weighted by Gasteiger charge is 2.17. The van der Waals surface area contributed by atoms with Crippen LogP contribution >= 0.6 is 15.9 Å². The molecular weight excluding hydrogens is 294 g/mol. The van der Waals surface area contributed by atoms with E-state index in [0.29, 0.717) is 17.8 Å². The summed E-state index contributed by atoms with van der Waals surface area (Å²) in [6.07, 6.45) is 2.44. The van der Waals surface area contributed by atoms with Gasteiger partial charge in [-0.2, -0.15) is 0 Å². The standard InChI is InChI=1S/C13H14BrN3O/c1-3-6-17-12(8-15-16-17)13(18)10-7-9(2)4-5-11(10)14/h4-5,7-8H,3,6H2,1-2H3. The topological polar surface area (TPSA) is 47.8 Å². The fourth-order valence-corrected chi connectivity index (χ4v) is 2.19. The molecule has 1 heterocycles. The zero-order valence-electron chi connectivity index (χ0n) is 10.4. The van der Waals surface area contributed by atoms with Gasteiger partial charge in [-0.05, 0) is 25.5 Å². The Hall–Kier alpha value is -1.49. The van der Waals surface area contributed by atoms with Crippen LogP contribution in [-0.4, -0.2) is 20.8 Å². The van der Waals surface area contributed by atoms with Crippen molar-refractivity contribution in [2.75, 3.05) is 0 Å². The second-order valence-electron chi connectivity index (χ2n) is 4.15. The van der Waals surface area contributed by atoms with Crippen molar-refractivity contribution in [1.82, 2.24) is 15.0 Å².